The average Bonchev–Trinajstić information content (AvgIpc) is 2.09. The average molecular weight is 176 g/mol. The third kappa shape index (κ3) is 1.51. The molecule has 0 spiro atoms. The Labute approximate surface area is 66.8 Å². The SMILES string of the molecule is ONC1=N[C@H](O)[C@@H](O)N=C1NO. The van der Waals surface area contributed by atoms with Crippen LogP contribution in [0.5, 0.6) is 0 Å². The summed E-state index contributed by atoms with van der Waals surface area (Å²) in [6.45, 7) is 0. The molecule has 0 aromatic carbocycles. The molecule has 0 aromatic rings. The molecule has 0 saturated carbocycles. The number of nitrogens with one attached hydrogen (secondary N) is 2. The Hall–Kier alpha value is -1.22. The number of aliphatic imine (C=N–C) groups is 2. The van der Waals surface area contributed by atoms with Crippen LogP contribution < -0.4 is 11.0 Å². The Morgan fingerprint density at radius 2 is 1.25 bits per heavy atom. The van der Waals surface area contributed by atoms with Crippen molar-refractivity contribution in [3.63, 3.8) is 0 Å². The van der Waals surface area contributed by atoms with Gasteiger partial charge in [-0.1, -0.05) is 0 Å². The van der Waals surface area contributed by atoms with Crippen molar-refractivity contribution in [3.8, 4) is 0 Å². The molecule has 1 aliphatic rings. The van der Waals surface area contributed by atoms with Crippen LogP contribution in [0.25, 0.3) is 0 Å². The molecule has 0 bridgehead atoms. The van der Waals surface area contributed by atoms with Gasteiger partial charge in [0.2, 0.25) is 0 Å². The third-order valence-corrected chi connectivity index (χ3v) is 1.23. The fourth-order valence-electron chi connectivity index (χ4n) is 0.684. The van der Waals surface area contributed by atoms with Gasteiger partial charge in [-0.05, 0) is 0 Å². The molecule has 0 radical (unpaired) electrons. The monoisotopic (exact) mass is 176 g/mol. The molecule has 0 fully saturated rings. The van der Waals surface area contributed by atoms with Crippen LogP contribution in [0, 0.1) is 0 Å². The van der Waals surface area contributed by atoms with E-state index in [2.05, 4.69) is 9.98 Å². The molecule has 0 amide bonds. The van der Waals surface area contributed by atoms with Gasteiger partial charge < -0.3 is 10.2 Å². The van der Waals surface area contributed by atoms with Gasteiger partial charge in [-0.15, -0.1) is 0 Å². The van der Waals surface area contributed by atoms with Crippen molar-refractivity contribution in [1.82, 2.24) is 11.0 Å². The third-order valence-electron chi connectivity index (χ3n) is 1.23. The van der Waals surface area contributed by atoms with E-state index >= 15 is 0 Å². The number of aliphatic hydroxyl groups excluding tert-OH is 2. The summed E-state index contributed by atoms with van der Waals surface area (Å²) < 4.78 is 0. The molecule has 0 aromatic heterocycles. The highest BCUT2D eigenvalue weighted by Crippen LogP contribution is 2.03. The molecule has 1 aliphatic heterocycles. The summed E-state index contributed by atoms with van der Waals surface area (Å²) in [5.41, 5.74) is 3.16. The zero-order valence-corrected chi connectivity index (χ0v) is 5.84. The van der Waals surface area contributed by atoms with Crippen molar-refractivity contribution in [2.24, 2.45) is 9.98 Å². The highest BCUT2D eigenvalue weighted by molar-refractivity contribution is 6.40. The van der Waals surface area contributed by atoms with Gasteiger partial charge in [0.1, 0.15) is 0 Å². The molecule has 1 rings (SSSR count). The van der Waals surface area contributed by atoms with Gasteiger partial charge >= 0.3 is 0 Å². The Morgan fingerprint density at radius 3 is 1.50 bits per heavy atom. The minimum absolute atomic E-state index is 0.254. The molecule has 0 saturated heterocycles. The lowest BCUT2D eigenvalue weighted by atomic mass is 10.4. The molecule has 8 heteroatoms. The van der Waals surface area contributed by atoms with Gasteiger partial charge in [0.15, 0.2) is 24.1 Å². The van der Waals surface area contributed by atoms with Crippen molar-refractivity contribution in [2.45, 2.75) is 12.5 Å². The van der Waals surface area contributed by atoms with Crippen LogP contribution in [0.3, 0.4) is 0 Å². The van der Waals surface area contributed by atoms with Crippen LogP contribution >= 0.6 is 0 Å². The van der Waals surface area contributed by atoms with Crippen molar-refractivity contribution in [3.05, 3.63) is 0 Å². The zero-order chi connectivity index (χ0) is 9.14. The summed E-state index contributed by atoms with van der Waals surface area (Å²) in [5.74, 6) is -0.509. The van der Waals surface area contributed by atoms with Gasteiger partial charge in [-0.25, -0.2) is 20.9 Å². The van der Waals surface area contributed by atoms with E-state index < -0.39 is 12.5 Å². The van der Waals surface area contributed by atoms with Gasteiger partial charge in [0.05, 0.1) is 0 Å². The lowest BCUT2D eigenvalue weighted by molar-refractivity contribution is 0.0275. The molecule has 12 heavy (non-hydrogen) atoms. The smallest absolute Gasteiger partial charge is 0.194 e. The number of hydroxylamine groups is 2. The molecule has 6 N–H and O–H groups in total. The fourth-order valence-corrected chi connectivity index (χ4v) is 0.684. The maximum absolute atomic E-state index is 8.89. The first-order valence-electron chi connectivity index (χ1n) is 3.01. The molecule has 0 unspecified atom stereocenters. The molecule has 0 aliphatic carbocycles. The lowest BCUT2D eigenvalue weighted by Gasteiger charge is -2.18. The number of nitrogens with zero attached hydrogens (tertiary/aromatic N) is 2. The second-order valence-electron chi connectivity index (χ2n) is 2.01. The van der Waals surface area contributed by atoms with Crippen LogP contribution in [-0.2, 0) is 0 Å². The van der Waals surface area contributed by atoms with E-state index in [1.807, 2.05) is 0 Å². The Kier molecular flexibility index (Phi) is 2.55. The van der Waals surface area contributed by atoms with Crippen LogP contribution in [0.4, 0.5) is 0 Å². The van der Waals surface area contributed by atoms with E-state index in [-0.39, 0.29) is 11.7 Å². The fraction of sp³-hybridized carbons (Fsp3) is 0.500. The number of hydrogen-bond acceptors (Lipinski definition) is 8. The Morgan fingerprint density at radius 1 is 0.917 bits per heavy atom. The highest BCUT2D eigenvalue weighted by Gasteiger charge is 2.23. The zero-order valence-electron chi connectivity index (χ0n) is 5.84. The van der Waals surface area contributed by atoms with Crippen molar-refractivity contribution in [2.75, 3.05) is 0 Å². The number of aliphatic hydroxyl groups is 2. The van der Waals surface area contributed by atoms with E-state index in [1.54, 1.807) is 11.0 Å². The largest absolute Gasteiger partial charge is 0.368 e. The maximum Gasteiger partial charge on any atom is 0.194 e. The van der Waals surface area contributed by atoms with Gasteiger partial charge in [0, 0.05) is 0 Å². The number of amidine groups is 2. The van der Waals surface area contributed by atoms with Crippen molar-refractivity contribution >= 4 is 11.7 Å². The van der Waals surface area contributed by atoms with Crippen molar-refractivity contribution in [1.29, 1.82) is 0 Å². The summed E-state index contributed by atoms with van der Waals surface area (Å²) >= 11 is 0. The predicted octanol–water partition coefficient (Wildman–Crippen LogP) is -2.61. The first kappa shape index (κ1) is 8.87. The molecule has 1 heterocycles. The molecule has 2 atom stereocenters. The summed E-state index contributed by atoms with van der Waals surface area (Å²) in [6, 6.07) is 0. The minimum Gasteiger partial charge on any atom is -0.368 e. The van der Waals surface area contributed by atoms with Gasteiger partial charge in [-0.3, -0.25) is 10.4 Å². The second-order valence-corrected chi connectivity index (χ2v) is 2.01. The summed E-state index contributed by atoms with van der Waals surface area (Å²) in [7, 11) is 0. The second kappa shape index (κ2) is 3.45. The van der Waals surface area contributed by atoms with E-state index in [4.69, 9.17) is 20.6 Å². The number of rotatable bonds is 0. The maximum atomic E-state index is 8.89. The van der Waals surface area contributed by atoms with E-state index in [0.717, 1.165) is 0 Å². The van der Waals surface area contributed by atoms with Crippen LogP contribution in [0.2, 0.25) is 0 Å². The van der Waals surface area contributed by atoms with Crippen LogP contribution in [0.15, 0.2) is 9.98 Å². The summed E-state index contributed by atoms with van der Waals surface area (Å²) in [6.07, 6.45) is -2.89. The lowest BCUT2D eigenvalue weighted by Crippen LogP contribution is -2.44. The van der Waals surface area contributed by atoms with E-state index in [1.165, 1.54) is 0 Å². The minimum atomic E-state index is -1.45. The molecular weight excluding hydrogens is 168 g/mol. The standard InChI is InChI=1S/C4H8N4O4/c9-3-4(10)6-2(8-12)1(5-3)7-11/h3-4,9-12H,(H,5,7)(H,6,8)/t3-,4-/m1/s1. The Bertz CT molecular complexity index is 203. The molecule has 68 valence electrons. The van der Waals surface area contributed by atoms with Gasteiger partial charge in [-0.2, -0.15) is 0 Å². The molecule has 8 nitrogen and oxygen atoms in total. The Balaban J connectivity index is 2.84. The normalized spacial score (nSPS) is 29.0. The topological polar surface area (TPSA) is 130 Å². The summed E-state index contributed by atoms with van der Waals surface area (Å²) in [5, 5.41) is 34.6. The molecular formula is C4H8N4O4. The van der Waals surface area contributed by atoms with E-state index in [9.17, 15) is 0 Å². The number of hydrogen-bond donors (Lipinski definition) is 6. The van der Waals surface area contributed by atoms with Crippen LogP contribution in [-0.4, -0.2) is 44.8 Å². The van der Waals surface area contributed by atoms with Gasteiger partial charge in [0.25, 0.3) is 0 Å². The quantitative estimate of drug-likeness (QED) is 0.224. The van der Waals surface area contributed by atoms with E-state index in [0.29, 0.717) is 0 Å². The first-order chi connectivity index (χ1) is 5.69. The van der Waals surface area contributed by atoms with Crippen LogP contribution in [0.1, 0.15) is 0 Å². The highest BCUT2D eigenvalue weighted by atomic mass is 16.5. The predicted molar refractivity (Wildman–Crippen MR) is 36.7 cm³/mol. The van der Waals surface area contributed by atoms with Crippen molar-refractivity contribution < 1.29 is 20.6 Å². The first-order valence-corrected chi connectivity index (χ1v) is 3.01. The summed E-state index contributed by atoms with van der Waals surface area (Å²) in [4.78, 5) is 6.68.